The molecule has 1 fully saturated rings. The van der Waals surface area contributed by atoms with Gasteiger partial charge in [-0.3, -0.25) is 0 Å². The summed E-state index contributed by atoms with van der Waals surface area (Å²) in [7, 11) is 0. The van der Waals surface area contributed by atoms with Crippen LogP contribution in [0.25, 0.3) is 0 Å². The standard InChI is InChI=1S/C12H18BrN3/c1-2-12(5-3-4-6-12)9-16-11-14-7-10(13)8-15-11/h7-8H,2-6,9H2,1H3,(H,14,15,16). The molecular weight excluding hydrogens is 266 g/mol. The van der Waals surface area contributed by atoms with Gasteiger partial charge in [-0.1, -0.05) is 19.8 Å². The fourth-order valence-corrected chi connectivity index (χ4v) is 2.66. The highest BCUT2D eigenvalue weighted by Crippen LogP contribution is 2.40. The van der Waals surface area contributed by atoms with Gasteiger partial charge in [-0.05, 0) is 40.6 Å². The van der Waals surface area contributed by atoms with Crippen molar-refractivity contribution in [2.45, 2.75) is 39.0 Å². The van der Waals surface area contributed by atoms with Crippen molar-refractivity contribution < 1.29 is 0 Å². The third-order valence-corrected chi connectivity index (χ3v) is 4.07. The Labute approximate surface area is 105 Å². The van der Waals surface area contributed by atoms with Crippen LogP contribution in [-0.2, 0) is 0 Å². The van der Waals surface area contributed by atoms with Crippen molar-refractivity contribution in [3.8, 4) is 0 Å². The molecule has 4 heteroatoms. The third kappa shape index (κ3) is 2.73. The molecule has 1 heterocycles. The lowest BCUT2D eigenvalue weighted by molar-refractivity contribution is 0.306. The maximum absolute atomic E-state index is 4.24. The van der Waals surface area contributed by atoms with Crippen LogP contribution in [0.3, 0.4) is 0 Å². The Morgan fingerprint density at radius 1 is 1.31 bits per heavy atom. The highest BCUT2D eigenvalue weighted by molar-refractivity contribution is 9.10. The molecule has 0 atom stereocenters. The zero-order valence-electron chi connectivity index (χ0n) is 9.67. The van der Waals surface area contributed by atoms with E-state index < -0.39 is 0 Å². The van der Waals surface area contributed by atoms with E-state index in [4.69, 9.17) is 0 Å². The van der Waals surface area contributed by atoms with Crippen molar-refractivity contribution in [1.29, 1.82) is 0 Å². The molecule has 0 aromatic carbocycles. The number of nitrogens with one attached hydrogen (secondary N) is 1. The molecule has 1 aliphatic carbocycles. The second-order valence-electron chi connectivity index (χ2n) is 4.64. The molecule has 0 bridgehead atoms. The predicted molar refractivity (Wildman–Crippen MR) is 69.4 cm³/mol. The van der Waals surface area contributed by atoms with E-state index in [1.54, 1.807) is 12.4 Å². The summed E-state index contributed by atoms with van der Waals surface area (Å²) in [6, 6.07) is 0. The Hall–Kier alpha value is -0.640. The highest BCUT2D eigenvalue weighted by Gasteiger charge is 2.31. The van der Waals surface area contributed by atoms with E-state index in [2.05, 4.69) is 38.1 Å². The quantitative estimate of drug-likeness (QED) is 0.917. The Morgan fingerprint density at radius 2 is 1.94 bits per heavy atom. The molecule has 0 radical (unpaired) electrons. The fraction of sp³-hybridized carbons (Fsp3) is 0.667. The van der Waals surface area contributed by atoms with E-state index in [0.717, 1.165) is 17.0 Å². The molecule has 88 valence electrons. The maximum atomic E-state index is 4.24. The van der Waals surface area contributed by atoms with Crippen LogP contribution in [0.15, 0.2) is 16.9 Å². The molecule has 0 unspecified atom stereocenters. The van der Waals surface area contributed by atoms with Crippen LogP contribution in [0.2, 0.25) is 0 Å². The van der Waals surface area contributed by atoms with Gasteiger partial charge < -0.3 is 5.32 Å². The molecule has 1 aromatic heterocycles. The lowest BCUT2D eigenvalue weighted by Crippen LogP contribution is -2.26. The van der Waals surface area contributed by atoms with Gasteiger partial charge in [0.15, 0.2) is 0 Å². The van der Waals surface area contributed by atoms with Crippen LogP contribution < -0.4 is 5.32 Å². The Morgan fingerprint density at radius 3 is 2.50 bits per heavy atom. The van der Waals surface area contributed by atoms with Crippen molar-refractivity contribution in [2.75, 3.05) is 11.9 Å². The minimum atomic E-state index is 0.483. The summed E-state index contributed by atoms with van der Waals surface area (Å²) in [5.74, 6) is 0.739. The summed E-state index contributed by atoms with van der Waals surface area (Å²) >= 11 is 3.33. The maximum Gasteiger partial charge on any atom is 0.222 e. The molecule has 1 saturated carbocycles. The number of hydrogen-bond donors (Lipinski definition) is 1. The summed E-state index contributed by atoms with van der Waals surface area (Å²) in [4.78, 5) is 8.47. The van der Waals surface area contributed by atoms with Crippen molar-refractivity contribution in [3.63, 3.8) is 0 Å². The second-order valence-corrected chi connectivity index (χ2v) is 5.55. The molecule has 0 saturated heterocycles. The normalized spacial score (nSPS) is 18.6. The van der Waals surface area contributed by atoms with E-state index in [0.29, 0.717) is 5.41 Å². The number of nitrogens with zero attached hydrogens (tertiary/aromatic N) is 2. The predicted octanol–water partition coefficient (Wildman–Crippen LogP) is 3.62. The molecule has 16 heavy (non-hydrogen) atoms. The summed E-state index contributed by atoms with van der Waals surface area (Å²) < 4.78 is 0.920. The van der Waals surface area contributed by atoms with Gasteiger partial charge in [0.2, 0.25) is 5.95 Å². The summed E-state index contributed by atoms with van der Waals surface area (Å²) in [5.41, 5.74) is 0.483. The van der Waals surface area contributed by atoms with Crippen LogP contribution >= 0.6 is 15.9 Å². The van der Waals surface area contributed by atoms with E-state index >= 15 is 0 Å². The lowest BCUT2D eigenvalue weighted by atomic mass is 9.83. The zero-order chi connectivity index (χ0) is 11.4. The van der Waals surface area contributed by atoms with Crippen molar-refractivity contribution in [1.82, 2.24) is 9.97 Å². The van der Waals surface area contributed by atoms with Crippen molar-refractivity contribution in [3.05, 3.63) is 16.9 Å². The average Bonchev–Trinajstić information content (AvgIpc) is 2.78. The Kier molecular flexibility index (Phi) is 3.79. The van der Waals surface area contributed by atoms with Gasteiger partial charge in [-0.15, -0.1) is 0 Å². The van der Waals surface area contributed by atoms with E-state index in [1.165, 1.54) is 32.1 Å². The third-order valence-electron chi connectivity index (χ3n) is 3.66. The molecule has 0 aliphatic heterocycles. The van der Waals surface area contributed by atoms with Crippen LogP contribution in [0.5, 0.6) is 0 Å². The highest BCUT2D eigenvalue weighted by atomic mass is 79.9. The van der Waals surface area contributed by atoms with Crippen molar-refractivity contribution in [2.24, 2.45) is 5.41 Å². The van der Waals surface area contributed by atoms with Gasteiger partial charge in [-0.25, -0.2) is 9.97 Å². The largest absolute Gasteiger partial charge is 0.354 e. The summed E-state index contributed by atoms with van der Waals surface area (Å²) in [6.45, 7) is 3.29. The molecular formula is C12H18BrN3. The van der Waals surface area contributed by atoms with Crippen molar-refractivity contribution >= 4 is 21.9 Å². The van der Waals surface area contributed by atoms with E-state index in [9.17, 15) is 0 Å². The van der Waals surface area contributed by atoms with Gasteiger partial charge in [0.25, 0.3) is 0 Å². The number of halogens is 1. The van der Waals surface area contributed by atoms with E-state index in [1.807, 2.05) is 0 Å². The fourth-order valence-electron chi connectivity index (χ4n) is 2.45. The molecule has 2 rings (SSSR count). The summed E-state index contributed by atoms with van der Waals surface area (Å²) in [6.07, 6.45) is 10.2. The average molecular weight is 284 g/mol. The lowest BCUT2D eigenvalue weighted by Gasteiger charge is -2.27. The molecule has 0 spiro atoms. The van der Waals surface area contributed by atoms with Gasteiger partial charge in [0.05, 0.1) is 4.47 Å². The van der Waals surface area contributed by atoms with Gasteiger partial charge in [0.1, 0.15) is 0 Å². The van der Waals surface area contributed by atoms with Gasteiger partial charge in [0, 0.05) is 18.9 Å². The molecule has 3 nitrogen and oxygen atoms in total. The van der Waals surface area contributed by atoms with Gasteiger partial charge in [-0.2, -0.15) is 0 Å². The van der Waals surface area contributed by atoms with Crippen LogP contribution in [0.1, 0.15) is 39.0 Å². The molecule has 0 amide bonds. The molecule has 1 aromatic rings. The Bertz CT molecular complexity index is 331. The SMILES string of the molecule is CCC1(CNc2ncc(Br)cn2)CCCC1. The minimum Gasteiger partial charge on any atom is -0.354 e. The number of hydrogen-bond acceptors (Lipinski definition) is 3. The first-order valence-electron chi connectivity index (χ1n) is 5.95. The Balaban J connectivity index is 1.93. The molecule has 1 N–H and O–H groups in total. The minimum absolute atomic E-state index is 0.483. The number of anilines is 1. The first-order chi connectivity index (χ1) is 7.74. The number of aromatic nitrogens is 2. The summed E-state index contributed by atoms with van der Waals surface area (Å²) in [5, 5.41) is 3.36. The van der Waals surface area contributed by atoms with Crippen LogP contribution in [0, 0.1) is 5.41 Å². The van der Waals surface area contributed by atoms with Crippen LogP contribution in [0.4, 0.5) is 5.95 Å². The smallest absolute Gasteiger partial charge is 0.222 e. The van der Waals surface area contributed by atoms with Crippen LogP contribution in [-0.4, -0.2) is 16.5 Å². The van der Waals surface area contributed by atoms with E-state index in [-0.39, 0.29) is 0 Å². The zero-order valence-corrected chi connectivity index (χ0v) is 11.3. The molecule has 1 aliphatic rings. The first kappa shape index (κ1) is 11.8. The topological polar surface area (TPSA) is 37.8 Å². The number of rotatable bonds is 4. The second kappa shape index (κ2) is 5.13. The van der Waals surface area contributed by atoms with Gasteiger partial charge >= 0.3 is 0 Å². The monoisotopic (exact) mass is 283 g/mol. The first-order valence-corrected chi connectivity index (χ1v) is 6.75.